The van der Waals surface area contributed by atoms with Gasteiger partial charge in [0.1, 0.15) is 11.0 Å². The molecular formula is C16H19N3O2S. The van der Waals surface area contributed by atoms with Gasteiger partial charge in [-0.3, -0.25) is 9.59 Å². The minimum atomic E-state index is -0.561. The second-order valence-corrected chi connectivity index (χ2v) is 5.82. The van der Waals surface area contributed by atoms with Crippen LogP contribution in [0.4, 0.5) is 0 Å². The van der Waals surface area contributed by atoms with E-state index in [1.807, 2.05) is 31.4 Å². The Morgan fingerprint density at radius 3 is 2.50 bits per heavy atom. The van der Waals surface area contributed by atoms with Gasteiger partial charge in [-0.05, 0) is 32.9 Å². The summed E-state index contributed by atoms with van der Waals surface area (Å²) in [5.74, 6) is -0.452. The summed E-state index contributed by atoms with van der Waals surface area (Å²) in [4.78, 5) is 28.1. The lowest BCUT2D eigenvalue weighted by Gasteiger charge is -2.13. The van der Waals surface area contributed by atoms with Gasteiger partial charge in [0, 0.05) is 28.7 Å². The van der Waals surface area contributed by atoms with Gasteiger partial charge in [0.25, 0.3) is 5.91 Å². The summed E-state index contributed by atoms with van der Waals surface area (Å²) in [6.07, 6.45) is 0. The van der Waals surface area contributed by atoms with Gasteiger partial charge in [0.2, 0.25) is 5.91 Å². The number of hydrogen-bond donors (Lipinski definition) is 2. The van der Waals surface area contributed by atoms with E-state index in [9.17, 15) is 9.59 Å². The first-order chi connectivity index (χ1) is 10.5. The highest BCUT2D eigenvalue weighted by atomic mass is 32.1. The Balaban J connectivity index is 2.04. The van der Waals surface area contributed by atoms with E-state index in [1.165, 1.54) is 0 Å². The van der Waals surface area contributed by atoms with E-state index in [4.69, 9.17) is 0 Å². The third-order valence-corrected chi connectivity index (χ3v) is 4.11. The molecule has 2 aromatic rings. The highest BCUT2D eigenvalue weighted by Crippen LogP contribution is 2.23. The predicted octanol–water partition coefficient (Wildman–Crippen LogP) is 2.37. The van der Waals surface area contributed by atoms with Gasteiger partial charge in [-0.15, -0.1) is 11.3 Å². The van der Waals surface area contributed by atoms with Crippen LogP contribution in [0.25, 0.3) is 10.6 Å². The molecule has 22 heavy (non-hydrogen) atoms. The third-order valence-electron chi connectivity index (χ3n) is 3.10. The van der Waals surface area contributed by atoms with Crippen molar-refractivity contribution in [2.24, 2.45) is 0 Å². The van der Waals surface area contributed by atoms with Gasteiger partial charge in [-0.25, -0.2) is 4.98 Å². The molecule has 5 nitrogen and oxygen atoms in total. The van der Waals surface area contributed by atoms with E-state index in [1.54, 1.807) is 30.4 Å². The lowest BCUT2D eigenvalue weighted by Crippen LogP contribution is -2.44. The average molecular weight is 317 g/mol. The summed E-state index contributed by atoms with van der Waals surface area (Å²) >= 11 is 1.57. The Hall–Kier alpha value is -2.21. The molecule has 0 saturated carbocycles. The molecule has 6 heteroatoms. The maximum absolute atomic E-state index is 12.1. The van der Waals surface area contributed by atoms with Gasteiger partial charge in [-0.1, -0.05) is 12.1 Å². The molecule has 1 atom stereocenters. The fourth-order valence-corrected chi connectivity index (χ4v) is 2.73. The van der Waals surface area contributed by atoms with Crippen molar-refractivity contribution >= 4 is 23.2 Å². The van der Waals surface area contributed by atoms with Crippen molar-refractivity contribution in [1.29, 1.82) is 0 Å². The molecule has 0 aliphatic heterocycles. The molecule has 0 aliphatic rings. The van der Waals surface area contributed by atoms with Crippen LogP contribution in [0, 0.1) is 6.92 Å². The van der Waals surface area contributed by atoms with Gasteiger partial charge < -0.3 is 10.6 Å². The number of carbonyl (C=O) groups excluding carboxylic acids is 2. The summed E-state index contributed by atoms with van der Waals surface area (Å²) in [5, 5.41) is 8.28. The molecule has 0 saturated heterocycles. The Labute approximate surface area is 133 Å². The van der Waals surface area contributed by atoms with Crippen LogP contribution >= 0.6 is 11.3 Å². The molecule has 1 aromatic carbocycles. The summed E-state index contributed by atoms with van der Waals surface area (Å²) in [6.45, 7) is 5.99. The monoisotopic (exact) mass is 317 g/mol. The number of aryl methyl sites for hydroxylation is 1. The van der Waals surface area contributed by atoms with E-state index >= 15 is 0 Å². The third kappa shape index (κ3) is 3.92. The van der Waals surface area contributed by atoms with Crippen LogP contribution < -0.4 is 10.6 Å². The standard InChI is InChI=1S/C16H19N3O2S/c1-4-17-14(20)11(3)19-15(21)12-5-7-13(8-6-12)16-18-10(2)9-22-16/h5-9,11H,4H2,1-3H3,(H,17,20)(H,19,21)/t11-/m0/s1. The first-order valence-corrected chi connectivity index (χ1v) is 8.00. The second kappa shape index (κ2) is 7.17. The number of thiazole rings is 1. The maximum atomic E-state index is 12.1. The number of aromatic nitrogens is 1. The topological polar surface area (TPSA) is 71.1 Å². The van der Waals surface area contributed by atoms with Crippen molar-refractivity contribution in [2.45, 2.75) is 26.8 Å². The predicted molar refractivity (Wildman–Crippen MR) is 87.9 cm³/mol. The van der Waals surface area contributed by atoms with Crippen molar-refractivity contribution < 1.29 is 9.59 Å². The normalized spacial score (nSPS) is 11.8. The lowest BCUT2D eigenvalue weighted by molar-refractivity contribution is -0.122. The molecule has 2 N–H and O–H groups in total. The molecule has 116 valence electrons. The molecule has 0 bridgehead atoms. The van der Waals surface area contributed by atoms with Crippen LogP contribution in [0.1, 0.15) is 29.9 Å². The molecule has 0 radical (unpaired) electrons. The molecule has 1 heterocycles. The van der Waals surface area contributed by atoms with Gasteiger partial charge in [0.15, 0.2) is 0 Å². The van der Waals surface area contributed by atoms with Crippen LogP contribution in [0.15, 0.2) is 29.6 Å². The zero-order valence-electron chi connectivity index (χ0n) is 12.8. The Morgan fingerprint density at radius 2 is 1.95 bits per heavy atom. The number of nitrogens with zero attached hydrogens (tertiary/aromatic N) is 1. The molecule has 1 aromatic heterocycles. The molecule has 2 amide bonds. The lowest BCUT2D eigenvalue weighted by atomic mass is 10.1. The molecule has 0 spiro atoms. The first-order valence-electron chi connectivity index (χ1n) is 7.12. The van der Waals surface area contributed by atoms with E-state index in [-0.39, 0.29) is 11.8 Å². The minimum absolute atomic E-state index is 0.189. The molecule has 2 rings (SSSR count). The number of benzene rings is 1. The minimum Gasteiger partial charge on any atom is -0.355 e. The summed E-state index contributed by atoms with van der Waals surface area (Å²) in [5.41, 5.74) is 2.48. The molecule has 0 aliphatic carbocycles. The van der Waals surface area contributed by atoms with Crippen LogP contribution in [-0.4, -0.2) is 29.4 Å². The van der Waals surface area contributed by atoms with Crippen molar-refractivity contribution in [3.63, 3.8) is 0 Å². The molecule has 0 fully saturated rings. The van der Waals surface area contributed by atoms with Gasteiger partial charge in [0.05, 0.1) is 0 Å². The second-order valence-electron chi connectivity index (χ2n) is 4.96. The van der Waals surface area contributed by atoms with Crippen LogP contribution in [-0.2, 0) is 4.79 Å². The number of carbonyl (C=O) groups is 2. The number of hydrogen-bond acceptors (Lipinski definition) is 4. The van der Waals surface area contributed by atoms with Crippen LogP contribution in [0.2, 0.25) is 0 Å². The Morgan fingerprint density at radius 1 is 1.27 bits per heavy atom. The first kappa shape index (κ1) is 16.2. The van der Waals surface area contributed by atoms with Crippen molar-refractivity contribution in [3.05, 3.63) is 40.9 Å². The smallest absolute Gasteiger partial charge is 0.251 e. The van der Waals surface area contributed by atoms with Crippen molar-refractivity contribution in [1.82, 2.24) is 15.6 Å². The number of nitrogens with one attached hydrogen (secondary N) is 2. The quantitative estimate of drug-likeness (QED) is 0.889. The highest BCUT2D eigenvalue weighted by molar-refractivity contribution is 7.13. The zero-order chi connectivity index (χ0) is 16.1. The van der Waals surface area contributed by atoms with Crippen molar-refractivity contribution in [2.75, 3.05) is 6.54 Å². The Bertz CT molecular complexity index is 664. The van der Waals surface area contributed by atoms with E-state index < -0.39 is 6.04 Å². The van der Waals surface area contributed by atoms with Crippen LogP contribution in [0.3, 0.4) is 0 Å². The molecule has 0 unspecified atom stereocenters. The van der Waals surface area contributed by atoms with E-state index in [0.717, 1.165) is 16.3 Å². The van der Waals surface area contributed by atoms with E-state index in [2.05, 4.69) is 15.6 Å². The largest absolute Gasteiger partial charge is 0.355 e. The van der Waals surface area contributed by atoms with E-state index in [0.29, 0.717) is 12.1 Å². The van der Waals surface area contributed by atoms with Gasteiger partial charge in [-0.2, -0.15) is 0 Å². The van der Waals surface area contributed by atoms with Crippen molar-refractivity contribution in [3.8, 4) is 10.6 Å². The molecular weight excluding hydrogens is 298 g/mol. The fourth-order valence-electron chi connectivity index (χ4n) is 1.92. The fraction of sp³-hybridized carbons (Fsp3) is 0.312. The average Bonchev–Trinajstić information content (AvgIpc) is 2.94. The van der Waals surface area contributed by atoms with Gasteiger partial charge >= 0.3 is 0 Å². The summed E-state index contributed by atoms with van der Waals surface area (Å²) in [7, 11) is 0. The SMILES string of the molecule is CCNC(=O)[C@H](C)NC(=O)c1ccc(-c2nc(C)cs2)cc1. The highest BCUT2D eigenvalue weighted by Gasteiger charge is 2.15. The zero-order valence-corrected chi connectivity index (χ0v) is 13.7. The maximum Gasteiger partial charge on any atom is 0.251 e. The number of likely N-dealkylation sites (N-methyl/N-ethyl adjacent to an activating group) is 1. The number of rotatable bonds is 5. The summed E-state index contributed by atoms with van der Waals surface area (Å²) in [6, 6.07) is 6.65. The number of amides is 2. The van der Waals surface area contributed by atoms with Crippen LogP contribution in [0.5, 0.6) is 0 Å². The Kier molecular flexibility index (Phi) is 5.27. The summed E-state index contributed by atoms with van der Waals surface area (Å²) < 4.78 is 0.